The fraction of sp³-hybridized carbons (Fsp3) is 0.111. The average molecular weight is 610 g/mol. The van der Waals surface area contributed by atoms with Gasteiger partial charge in [0.05, 0.1) is 27.4 Å². The minimum absolute atomic E-state index is 0.198. The molecule has 3 aromatic carbocycles. The van der Waals surface area contributed by atoms with Gasteiger partial charge in [0.1, 0.15) is 18.1 Å². The summed E-state index contributed by atoms with van der Waals surface area (Å²) in [7, 11) is -4.43. The van der Waals surface area contributed by atoms with E-state index in [2.05, 4.69) is 10.5 Å². The number of carbonyl (C=O) groups is 1. The van der Waals surface area contributed by atoms with Crippen LogP contribution in [-0.2, 0) is 21.0 Å². The number of rotatable bonds is 8. The molecule has 4 aromatic rings. The number of carbonyl (C=O) groups excluding carboxylic acids is 1. The molecule has 0 aliphatic carbocycles. The van der Waals surface area contributed by atoms with Gasteiger partial charge in [-0.05, 0) is 67.6 Å². The van der Waals surface area contributed by atoms with Gasteiger partial charge in [-0.25, -0.2) is 13.8 Å². The molecule has 0 spiro atoms. The van der Waals surface area contributed by atoms with E-state index in [0.29, 0.717) is 31.7 Å². The van der Waals surface area contributed by atoms with Crippen molar-refractivity contribution in [3.05, 3.63) is 106 Å². The SMILES string of the molecule is Cc1ccc(S(=O)(=O)N(CC(=O)N/N=C\c2ccc(-c3ccc(Cl)cc3Cl)o2)c2cccc(C(F)(F)F)c2)cc1. The summed E-state index contributed by atoms with van der Waals surface area (Å²) in [6.45, 7) is 0.900. The van der Waals surface area contributed by atoms with Crippen molar-refractivity contribution in [2.24, 2.45) is 5.10 Å². The molecule has 0 saturated carbocycles. The first kappa shape index (κ1) is 29.2. The molecule has 0 saturated heterocycles. The monoisotopic (exact) mass is 609 g/mol. The molecule has 40 heavy (non-hydrogen) atoms. The van der Waals surface area contributed by atoms with Crippen molar-refractivity contribution >= 4 is 51.0 Å². The van der Waals surface area contributed by atoms with Gasteiger partial charge < -0.3 is 4.42 Å². The topological polar surface area (TPSA) is 92.0 Å². The average Bonchev–Trinajstić information content (AvgIpc) is 3.35. The number of anilines is 1. The van der Waals surface area contributed by atoms with Gasteiger partial charge >= 0.3 is 6.18 Å². The maximum Gasteiger partial charge on any atom is 0.416 e. The molecule has 0 unspecified atom stereocenters. The summed E-state index contributed by atoms with van der Waals surface area (Å²) in [6, 6.07) is 17.4. The minimum Gasteiger partial charge on any atom is -0.455 e. The molecule has 1 aromatic heterocycles. The number of nitrogens with one attached hydrogen (secondary N) is 1. The molecule has 0 bridgehead atoms. The van der Waals surface area contributed by atoms with Gasteiger partial charge in [0.25, 0.3) is 15.9 Å². The van der Waals surface area contributed by atoms with Gasteiger partial charge in [0.2, 0.25) is 0 Å². The molecule has 1 amide bonds. The molecule has 1 N–H and O–H groups in total. The molecule has 0 aliphatic heterocycles. The van der Waals surface area contributed by atoms with Gasteiger partial charge in [0, 0.05) is 10.6 Å². The summed E-state index contributed by atoms with van der Waals surface area (Å²) >= 11 is 12.1. The number of hydrogen-bond donors (Lipinski definition) is 1. The molecule has 208 valence electrons. The Bertz CT molecular complexity index is 1670. The van der Waals surface area contributed by atoms with E-state index in [1.54, 1.807) is 37.3 Å². The Labute approximate surface area is 237 Å². The van der Waals surface area contributed by atoms with Crippen molar-refractivity contribution in [1.29, 1.82) is 0 Å². The van der Waals surface area contributed by atoms with E-state index in [9.17, 15) is 26.4 Å². The van der Waals surface area contributed by atoms with Gasteiger partial charge in [-0.2, -0.15) is 18.3 Å². The van der Waals surface area contributed by atoms with Gasteiger partial charge in [-0.15, -0.1) is 0 Å². The van der Waals surface area contributed by atoms with E-state index in [-0.39, 0.29) is 16.3 Å². The quantitative estimate of drug-likeness (QED) is 0.173. The molecule has 0 fully saturated rings. The third-order valence-electron chi connectivity index (χ3n) is 5.56. The van der Waals surface area contributed by atoms with Crippen molar-refractivity contribution in [2.75, 3.05) is 10.8 Å². The van der Waals surface area contributed by atoms with Crippen LogP contribution in [0.25, 0.3) is 11.3 Å². The highest BCUT2D eigenvalue weighted by Crippen LogP contribution is 2.34. The first-order valence-corrected chi connectivity index (χ1v) is 13.7. The van der Waals surface area contributed by atoms with E-state index < -0.39 is 34.2 Å². The van der Waals surface area contributed by atoms with Crippen LogP contribution in [-0.4, -0.2) is 27.1 Å². The number of benzene rings is 3. The number of halogens is 5. The number of alkyl halides is 3. The lowest BCUT2D eigenvalue weighted by atomic mass is 10.2. The van der Waals surface area contributed by atoms with E-state index in [4.69, 9.17) is 27.6 Å². The predicted molar refractivity (Wildman–Crippen MR) is 147 cm³/mol. The Morgan fingerprint density at radius 3 is 2.42 bits per heavy atom. The maximum atomic E-state index is 13.4. The van der Waals surface area contributed by atoms with Crippen LogP contribution in [0, 0.1) is 6.92 Å². The Kier molecular flexibility index (Phi) is 8.57. The van der Waals surface area contributed by atoms with Crippen molar-refractivity contribution < 1.29 is 30.8 Å². The predicted octanol–water partition coefficient (Wildman–Crippen LogP) is 6.93. The van der Waals surface area contributed by atoms with Crippen LogP contribution >= 0.6 is 23.2 Å². The molecule has 4 rings (SSSR count). The van der Waals surface area contributed by atoms with Crippen LogP contribution in [0.5, 0.6) is 0 Å². The lowest BCUT2D eigenvalue weighted by molar-refractivity contribution is -0.137. The summed E-state index contributed by atoms with van der Waals surface area (Å²) in [5, 5.41) is 4.60. The standard InChI is InChI=1S/C27H20Cl2F3N3O4S/c1-17-5-9-22(10-6-17)40(37,38)35(20-4-2-3-18(13-20)27(30,31)32)16-26(36)34-33-15-21-8-12-25(39-21)23-11-7-19(28)14-24(23)29/h2-15H,16H2,1H3,(H,34,36)/b33-15-. The first-order valence-electron chi connectivity index (χ1n) is 11.5. The fourth-order valence-corrected chi connectivity index (χ4v) is 5.49. The minimum atomic E-state index is -4.72. The number of hydrazone groups is 1. The smallest absolute Gasteiger partial charge is 0.416 e. The van der Waals surface area contributed by atoms with Crippen molar-refractivity contribution in [1.82, 2.24) is 5.43 Å². The number of hydrogen-bond acceptors (Lipinski definition) is 5. The van der Waals surface area contributed by atoms with Crippen LogP contribution in [0.1, 0.15) is 16.9 Å². The van der Waals surface area contributed by atoms with Crippen LogP contribution in [0.2, 0.25) is 10.0 Å². The van der Waals surface area contributed by atoms with Crippen molar-refractivity contribution in [3.8, 4) is 11.3 Å². The molecule has 7 nitrogen and oxygen atoms in total. The molecule has 1 heterocycles. The van der Waals surface area contributed by atoms with Crippen LogP contribution in [0.15, 0.2) is 93.3 Å². The molecule has 13 heteroatoms. The highest BCUT2D eigenvalue weighted by atomic mass is 35.5. The molecule has 0 radical (unpaired) electrons. The Morgan fingerprint density at radius 1 is 1.02 bits per heavy atom. The zero-order chi connectivity index (χ0) is 29.1. The lowest BCUT2D eigenvalue weighted by Crippen LogP contribution is -2.39. The molecular weight excluding hydrogens is 590 g/mol. The third-order valence-corrected chi connectivity index (χ3v) is 7.90. The highest BCUT2D eigenvalue weighted by Gasteiger charge is 2.33. The summed E-state index contributed by atoms with van der Waals surface area (Å²) in [5.41, 5.74) is 2.12. The van der Waals surface area contributed by atoms with E-state index in [1.165, 1.54) is 36.5 Å². The summed E-state index contributed by atoms with van der Waals surface area (Å²) in [5.74, 6) is -0.255. The van der Waals surface area contributed by atoms with Crippen molar-refractivity contribution in [3.63, 3.8) is 0 Å². The Balaban J connectivity index is 1.55. The van der Waals surface area contributed by atoms with Gasteiger partial charge in [-0.1, -0.05) is 47.0 Å². The second-order valence-electron chi connectivity index (χ2n) is 8.49. The van der Waals surface area contributed by atoms with E-state index in [0.717, 1.165) is 17.7 Å². The summed E-state index contributed by atoms with van der Waals surface area (Å²) in [4.78, 5) is 12.5. The summed E-state index contributed by atoms with van der Waals surface area (Å²) < 4.78 is 73.1. The highest BCUT2D eigenvalue weighted by molar-refractivity contribution is 7.92. The lowest BCUT2D eigenvalue weighted by Gasteiger charge is -2.24. The van der Waals surface area contributed by atoms with E-state index >= 15 is 0 Å². The van der Waals surface area contributed by atoms with Crippen molar-refractivity contribution in [2.45, 2.75) is 18.0 Å². The van der Waals surface area contributed by atoms with Gasteiger partial charge in [0.15, 0.2) is 0 Å². The molecular formula is C27H20Cl2F3N3O4S. The number of furan rings is 1. The molecule has 0 atom stereocenters. The number of sulfonamides is 1. The fourth-order valence-electron chi connectivity index (χ4n) is 3.58. The van der Waals surface area contributed by atoms with Crippen LogP contribution in [0.4, 0.5) is 18.9 Å². The molecule has 0 aliphatic rings. The second-order valence-corrected chi connectivity index (χ2v) is 11.2. The normalized spacial score (nSPS) is 12.1. The van der Waals surface area contributed by atoms with Crippen LogP contribution < -0.4 is 9.73 Å². The van der Waals surface area contributed by atoms with Gasteiger partial charge in [-0.3, -0.25) is 9.10 Å². The zero-order valence-corrected chi connectivity index (χ0v) is 22.9. The maximum absolute atomic E-state index is 13.4. The number of amides is 1. The summed E-state index contributed by atoms with van der Waals surface area (Å²) in [6.07, 6.45) is -3.55. The number of aryl methyl sites for hydroxylation is 1. The second kappa shape index (κ2) is 11.7. The van der Waals surface area contributed by atoms with Crippen LogP contribution in [0.3, 0.4) is 0 Å². The number of nitrogens with zero attached hydrogens (tertiary/aromatic N) is 2. The Morgan fingerprint density at radius 2 is 1.75 bits per heavy atom. The first-order chi connectivity index (χ1) is 18.8. The van der Waals surface area contributed by atoms with E-state index in [1.807, 2.05) is 0 Å². The third kappa shape index (κ3) is 6.85. The zero-order valence-electron chi connectivity index (χ0n) is 20.6. The Hall–Kier alpha value is -3.80. The largest absolute Gasteiger partial charge is 0.455 e.